The summed E-state index contributed by atoms with van der Waals surface area (Å²) in [4.78, 5) is 29.3. The normalized spacial score (nSPS) is 17.1. The van der Waals surface area contributed by atoms with Crippen molar-refractivity contribution in [3.05, 3.63) is 60.4 Å². The molecule has 156 valence electrons. The van der Waals surface area contributed by atoms with Crippen molar-refractivity contribution in [2.24, 2.45) is 5.92 Å². The van der Waals surface area contributed by atoms with E-state index < -0.39 is 21.8 Å². The van der Waals surface area contributed by atoms with E-state index in [1.54, 1.807) is 11.0 Å². The molecule has 0 bridgehead atoms. The van der Waals surface area contributed by atoms with Crippen molar-refractivity contribution < 1.29 is 18.0 Å². The van der Waals surface area contributed by atoms with E-state index in [9.17, 15) is 18.0 Å². The van der Waals surface area contributed by atoms with Gasteiger partial charge in [0, 0.05) is 24.8 Å². The first-order valence-corrected chi connectivity index (χ1v) is 11.0. The molecule has 0 saturated carbocycles. The number of H-pyrrole nitrogens is 1. The number of amides is 2. The molecule has 9 nitrogen and oxygen atoms in total. The van der Waals surface area contributed by atoms with Gasteiger partial charge in [0.05, 0.1) is 12.1 Å². The zero-order valence-corrected chi connectivity index (χ0v) is 16.9. The second kappa shape index (κ2) is 8.25. The Morgan fingerprint density at radius 2 is 1.93 bits per heavy atom. The summed E-state index contributed by atoms with van der Waals surface area (Å²) >= 11 is 0. The highest BCUT2D eigenvalue weighted by Gasteiger charge is 2.30. The van der Waals surface area contributed by atoms with Gasteiger partial charge >= 0.3 is 0 Å². The van der Waals surface area contributed by atoms with Crippen LogP contribution in [0.5, 0.6) is 0 Å². The maximum Gasteiger partial charge on any atom is 0.260 e. The van der Waals surface area contributed by atoms with Crippen LogP contribution in [0.1, 0.15) is 23.2 Å². The number of carbonyl (C=O) groups excluding carboxylic acids is 2. The Labute approximate surface area is 173 Å². The van der Waals surface area contributed by atoms with Crippen molar-refractivity contribution in [3.8, 4) is 0 Å². The fraction of sp³-hybridized carbons (Fsp3) is 0.250. The Kier molecular flexibility index (Phi) is 5.51. The van der Waals surface area contributed by atoms with E-state index >= 15 is 0 Å². The number of hydrazine groups is 1. The molecule has 1 atom stereocenters. The van der Waals surface area contributed by atoms with E-state index in [1.165, 1.54) is 6.20 Å². The molecule has 4 rings (SSSR count). The van der Waals surface area contributed by atoms with Crippen LogP contribution in [0.4, 0.5) is 0 Å². The van der Waals surface area contributed by atoms with Crippen LogP contribution >= 0.6 is 0 Å². The number of hydrogen-bond donors (Lipinski definition) is 3. The van der Waals surface area contributed by atoms with Crippen LogP contribution < -0.4 is 10.3 Å². The van der Waals surface area contributed by atoms with Gasteiger partial charge < -0.3 is 4.90 Å². The van der Waals surface area contributed by atoms with Crippen molar-refractivity contribution in [2.45, 2.75) is 17.7 Å². The molecule has 0 aliphatic carbocycles. The molecule has 0 radical (unpaired) electrons. The number of sulfonamides is 1. The fourth-order valence-electron chi connectivity index (χ4n) is 3.62. The number of likely N-dealkylation sites (tertiary alicyclic amines) is 1. The smallest absolute Gasteiger partial charge is 0.260 e. The van der Waals surface area contributed by atoms with Gasteiger partial charge in [0.2, 0.25) is 5.91 Å². The molecule has 0 unspecified atom stereocenters. The SMILES string of the molecule is O=C(NNS(=O)(=O)c1cn[nH]c1)[C@@H]1CCCN(C(=O)c2cccc3ccccc23)C1. The Morgan fingerprint density at radius 3 is 2.73 bits per heavy atom. The summed E-state index contributed by atoms with van der Waals surface area (Å²) in [5.41, 5.74) is 2.85. The van der Waals surface area contributed by atoms with Crippen LogP contribution in [-0.4, -0.2) is 48.4 Å². The Balaban J connectivity index is 1.44. The molecule has 3 N–H and O–H groups in total. The van der Waals surface area contributed by atoms with Crippen LogP contribution in [-0.2, 0) is 14.8 Å². The van der Waals surface area contributed by atoms with Crippen LogP contribution in [0, 0.1) is 5.92 Å². The number of fused-ring (bicyclic) bond motifs is 1. The zero-order valence-electron chi connectivity index (χ0n) is 16.0. The van der Waals surface area contributed by atoms with Gasteiger partial charge in [-0.2, -0.15) is 5.10 Å². The van der Waals surface area contributed by atoms with Crippen molar-refractivity contribution in [1.82, 2.24) is 25.4 Å². The van der Waals surface area contributed by atoms with Gasteiger partial charge in [0.15, 0.2) is 0 Å². The maximum absolute atomic E-state index is 13.1. The highest BCUT2D eigenvalue weighted by molar-refractivity contribution is 7.89. The lowest BCUT2D eigenvalue weighted by atomic mass is 9.96. The molecule has 30 heavy (non-hydrogen) atoms. The summed E-state index contributed by atoms with van der Waals surface area (Å²) in [6, 6.07) is 13.2. The Hall–Kier alpha value is -3.24. The Bertz CT molecular complexity index is 1170. The summed E-state index contributed by atoms with van der Waals surface area (Å²) < 4.78 is 24.2. The van der Waals surface area contributed by atoms with E-state index in [2.05, 4.69) is 20.5 Å². The summed E-state index contributed by atoms with van der Waals surface area (Å²) in [5, 5.41) is 7.83. The molecule has 1 aromatic heterocycles. The van der Waals surface area contributed by atoms with Crippen LogP contribution in [0.2, 0.25) is 0 Å². The summed E-state index contributed by atoms with van der Waals surface area (Å²) in [6.07, 6.45) is 3.57. The van der Waals surface area contributed by atoms with Gasteiger partial charge in [-0.25, -0.2) is 8.42 Å². The minimum Gasteiger partial charge on any atom is -0.338 e. The first-order valence-electron chi connectivity index (χ1n) is 9.53. The number of rotatable bonds is 5. The van der Waals surface area contributed by atoms with E-state index in [0.29, 0.717) is 24.9 Å². The number of aromatic nitrogens is 2. The van der Waals surface area contributed by atoms with Gasteiger partial charge in [0.25, 0.3) is 15.9 Å². The molecule has 3 aromatic rings. The topological polar surface area (TPSA) is 124 Å². The van der Waals surface area contributed by atoms with Crippen molar-refractivity contribution in [3.63, 3.8) is 0 Å². The number of nitrogens with zero attached hydrogens (tertiary/aromatic N) is 2. The third-order valence-electron chi connectivity index (χ3n) is 5.19. The average Bonchev–Trinajstić information content (AvgIpc) is 3.33. The van der Waals surface area contributed by atoms with Crippen LogP contribution in [0.3, 0.4) is 0 Å². The molecule has 1 saturated heterocycles. The summed E-state index contributed by atoms with van der Waals surface area (Å²) in [7, 11) is -3.90. The van der Waals surface area contributed by atoms with Gasteiger partial charge in [-0.3, -0.25) is 20.1 Å². The molecule has 0 spiro atoms. The van der Waals surface area contributed by atoms with E-state index in [1.807, 2.05) is 36.4 Å². The number of carbonyl (C=O) groups is 2. The third kappa shape index (κ3) is 4.05. The van der Waals surface area contributed by atoms with E-state index in [4.69, 9.17) is 0 Å². The van der Waals surface area contributed by atoms with Gasteiger partial charge in [-0.15, -0.1) is 4.83 Å². The molecule has 2 aromatic carbocycles. The average molecular weight is 427 g/mol. The van der Waals surface area contributed by atoms with Crippen molar-refractivity contribution in [1.29, 1.82) is 0 Å². The maximum atomic E-state index is 13.1. The van der Waals surface area contributed by atoms with Gasteiger partial charge in [-0.05, 0) is 29.7 Å². The number of piperidine rings is 1. The second-order valence-corrected chi connectivity index (χ2v) is 8.83. The first kappa shape index (κ1) is 20.0. The number of benzene rings is 2. The second-order valence-electron chi connectivity index (χ2n) is 7.15. The highest BCUT2D eigenvalue weighted by Crippen LogP contribution is 2.23. The lowest BCUT2D eigenvalue weighted by Crippen LogP contribution is -2.49. The standard InChI is InChI=1S/C20H21N5O4S/c26-19(23-24-30(28,29)16-11-21-22-12-16)15-7-4-10-25(13-15)20(27)18-9-3-6-14-5-1-2-8-17(14)18/h1-3,5-6,8-9,11-12,15,24H,4,7,10,13H2,(H,21,22)(H,23,26)/t15-/m1/s1. The molecular weight excluding hydrogens is 406 g/mol. The lowest BCUT2D eigenvalue weighted by molar-refractivity contribution is -0.126. The summed E-state index contributed by atoms with van der Waals surface area (Å²) in [6.45, 7) is 0.772. The van der Waals surface area contributed by atoms with E-state index in [0.717, 1.165) is 17.0 Å². The number of hydrogen-bond acceptors (Lipinski definition) is 5. The molecule has 10 heteroatoms. The third-order valence-corrected chi connectivity index (χ3v) is 6.41. The molecule has 1 aliphatic rings. The minimum atomic E-state index is -3.90. The minimum absolute atomic E-state index is 0.0841. The zero-order chi connectivity index (χ0) is 21.1. The Morgan fingerprint density at radius 1 is 1.13 bits per heavy atom. The monoisotopic (exact) mass is 427 g/mol. The van der Waals surface area contributed by atoms with Crippen molar-refractivity contribution >= 4 is 32.6 Å². The summed E-state index contributed by atoms with van der Waals surface area (Å²) in [5.74, 6) is -1.12. The molecule has 1 fully saturated rings. The van der Waals surface area contributed by atoms with Crippen molar-refractivity contribution in [2.75, 3.05) is 13.1 Å². The molecule has 2 amide bonds. The largest absolute Gasteiger partial charge is 0.338 e. The lowest BCUT2D eigenvalue weighted by Gasteiger charge is -2.32. The highest BCUT2D eigenvalue weighted by atomic mass is 32.2. The van der Waals surface area contributed by atoms with E-state index in [-0.39, 0.29) is 17.3 Å². The van der Waals surface area contributed by atoms with Crippen LogP contribution in [0.25, 0.3) is 10.8 Å². The molecular formula is C20H21N5O4S. The number of nitrogens with one attached hydrogen (secondary N) is 3. The van der Waals surface area contributed by atoms with Gasteiger partial charge in [-0.1, -0.05) is 36.4 Å². The van der Waals surface area contributed by atoms with Crippen LogP contribution in [0.15, 0.2) is 59.8 Å². The van der Waals surface area contributed by atoms with Gasteiger partial charge in [0.1, 0.15) is 4.90 Å². The molecule has 2 heterocycles. The quantitative estimate of drug-likeness (QED) is 0.531. The predicted molar refractivity (Wildman–Crippen MR) is 110 cm³/mol. The molecule has 1 aliphatic heterocycles. The fourth-order valence-corrected chi connectivity index (χ4v) is 4.37. The number of aromatic amines is 1. The predicted octanol–water partition coefficient (Wildman–Crippen LogP) is 1.42. The first-order chi connectivity index (χ1) is 14.5.